The molecule has 0 saturated heterocycles. The lowest BCUT2D eigenvalue weighted by molar-refractivity contribution is 0.817. The van der Waals surface area contributed by atoms with Crippen molar-refractivity contribution >= 4 is 43.9 Å². The molecule has 0 saturated carbocycles. The molecule has 0 unspecified atom stereocenters. The van der Waals surface area contributed by atoms with Crippen molar-refractivity contribution in [3.63, 3.8) is 0 Å². The number of benzene rings is 3. The third kappa shape index (κ3) is 1.70. The monoisotopic (exact) mass is 297 g/mol. The van der Waals surface area contributed by atoms with Crippen LogP contribution >= 0.6 is 0 Å². The van der Waals surface area contributed by atoms with Gasteiger partial charge in [-0.1, -0.05) is 42.5 Å². The van der Waals surface area contributed by atoms with E-state index in [1.165, 1.54) is 21.7 Å². The van der Waals surface area contributed by atoms with Crippen molar-refractivity contribution in [2.75, 3.05) is 0 Å². The molecule has 0 N–H and O–H groups in total. The van der Waals surface area contributed by atoms with Crippen LogP contribution in [0.4, 0.5) is 0 Å². The van der Waals surface area contributed by atoms with Gasteiger partial charge >= 0.3 is 0 Å². The Kier molecular flexibility index (Phi) is 2.48. The maximum Gasteiger partial charge on any atom is 0.160 e. The van der Waals surface area contributed by atoms with Gasteiger partial charge in [-0.3, -0.25) is 0 Å². The molecule has 5 aromatic rings. The molecule has 3 heteroatoms. The maximum atomic E-state index is 4.94. The number of aryl methyl sites for hydroxylation is 1. The van der Waals surface area contributed by atoms with Crippen LogP contribution in [0.25, 0.3) is 43.9 Å². The number of para-hydroxylation sites is 1. The topological polar surface area (TPSA) is 30.7 Å². The van der Waals surface area contributed by atoms with Gasteiger partial charge in [0.05, 0.1) is 16.6 Å². The normalized spacial score (nSPS) is 11.9. The zero-order chi connectivity index (χ0) is 15.4. The van der Waals surface area contributed by atoms with Gasteiger partial charge in [0.1, 0.15) is 5.52 Å². The quantitative estimate of drug-likeness (QED) is 0.411. The van der Waals surface area contributed by atoms with Crippen molar-refractivity contribution in [1.82, 2.24) is 14.5 Å². The zero-order valence-corrected chi connectivity index (χ0v) is 12.8. The molecule has 0 atom stereocenters. The third-order valence-corrected chi connectivity index (χ3v) is 4.54. The molecule has 23 heavy (non-hydrogen) atoms. The lowest BCUT2D eigenvalue weighted by Gasteiger charge is -2.04. The second-order valence-corrected chi connectivity index (χ2v) is 5.85. The number of rotatable bonds is 1. The largest absolute Gasteiger partial charge is 0.324 e. The first-order valence-electron chi connectivity index (χ1n) is 7.92. The van der Waals surface area contributed by atoms with Gasteiger partial charge in [0, 0.05) is 11.9 Å². The Balaban J connectivity index is 2.00. The van der Waals surface area contributed by atoms with Crippen molar-refractivity contribution in [2.45, 2.75) is 13.5 Å². The SMILES string of the molecule is CCn1c2ccccc2c2nc3cc4ccccc4cc3nc21. The van der Waals surface area contributed by atoms with Gasteiger partial charge in [-0.2, -0.15) is 0 Å². The minimum Gasteiger partial charge on any atom is -0.324 e. The number of hydrogen-bond acceptors (Lipinski definition) is 2. The summed E-state index contributed by atoms with van der Waals surface area (Å²) in [5, 5.41) is 3.58. The van der Waals surface area contributed by atoms with Crippen LogP contribution in [0.2, 0.25) is 0 Å². The second kappa shape index (κ2) is 4.53. The zero-order valence-electron chi connectivity index (χ0n) is 12.8. The van der Waals surface area contributed by atoms with E-state index in [9.17, 15) is 0 Å². The van der Waals surface area contributed by atoms with Crippen LogP contribution in [0, 0.1) is 0 Å². The Hall–Kier alpha value is -2.94. The summed E-state index contributed by atoms with van der Waals surface area (Å²) in [5.74, 6) is 0. The predicted octanol–water partition coefficient (Wildman–Crippen LogP) is 4.91. The highest BCUT2D eigenvalue weighted by Crippen LogP contribution is 2.29. The standard InChI is InChI=1S/C20H15N3/c1-2-23-18-10-6-5-9-15(18)19-20(23)22-17-12-14-8-4-3-7-13(14)11-16(17)21-19/h3-12H,2H2,1H3. The summed E-state index contributed by atoms with van der Waals surface area (Å²) in [7, 11) is 0. The molecule has 0 amide bonds. The average Bonchev–Trinajstić information content (AvgIpc) is 2.90. The van der Waals surface area contributed by atoms with Gasteiger partial charge in [0.15, 0.2) is 5.65 Å². The second-order valence-electron chi connectivity index (χ2n) is 5.85. The van der Waals surface area contributed by atoms with Gasteiger partial charge in [0.2, 0.25) is 0 Å². The van der Waals surface area contributed by atoms with Gasteiger partial charge in [0.25, 0.3) is 0 Å². The fourth-order valence-electron chi connectivity index (χ4n) is 3.45. The summed E-state index contributed by atoms with van der Waals surface area (Å²) in [6.07, 6.45) is 0. The average molecular weight is 297 g/mol. The Labute approximate surface area is 133 Å². The first-order valence-corrected chi connectivity index (χ1v) is 7.92. The van der Waals surface area contributed by atoms with Crippen molar-refractivity contribution in [3.8, 4) is 0 Å². The molecule has 0 aliphatic heterocycles. The summed E-state index contributed by atoms with van der Waals surface area (Å²) >= 11 is 0. The van der Waals surface area contributed by atoms with Crippen LogP contribution in [0.1, 0.15) is 6.92 Å². The molecule has 0 spiro atoms. The Morgan fingerprint density at radius 3 is 2.22 bits per heavy atom. The fourth-order valence-corrected chi connectivity index (χ4v) is 3.45. The lowest BCUT2D eigenvalue weighted by Crippen LogP contribution is -1.96. The van der Waals surface area contributed by atoms with Crippen molar-refractivity contribution < 1.29 is 0 Å². The van der Waals surface area contributed by atoms with Gasteiger partial charge in [-0.05, 0) is 35.9 Å². The molecular weight excluding hydrogens is 282 g/mol. The Morgan fingerprint density at radius 1 is 0.826 bits per heavy atom. The van der Waals surface area contributed by atoms with Crippen molar-refractivity contribution in [2.24, 2.45) is 0 Å². The van der Waals surface area contributed by atoms with Crippen molar-refractivity contribution in [1.29, 1.82) is 0 Å². The number of nitrogens with zero attached hydrogens (tertiary/aromatic N) is 3. The molecule has 0 aliphatic carbocycles. The summed E-state index contributed by atoms with van der Waals surface area (Å²) in [4.78, 5) is 9.88. The van der Waals surface area contributed by atoms with E-state index in [4.69, 9.17) is 9.97 Å². The van der Waals surface area contributed by atoms with E-state index in [-0.39, 0.29) is 0 Å². The molecule has 0 aliphatic rings. The van der Waals surface area contributed by atoms with Crippen LogP contribution in [0.5, 0.6) is 0 Å². The summed E-state index contributed by atoms with van der Waals surface area (Å²) in [6, 6.07) is 21.0. The van der Waals surface area contributed by atoms with E-state index in [2.05, 4.69) is 72.2 Å². The van der Waals surface area contributed by atoms with E-state index < -0.39 is 0 Å². The van der Waals surface area contributed by atoms with Crippen molar-refractivity contribution in [3.05, 3.63) is 60.7 Å². The highest BCUT2D eigenvalue weighted by Gasteiger charge is 2.13. The first kappa shape index (κ1) is 12.6. The number of hydrogen-bond donors (Lipinski definition) is 0. The smallest absolute Gasteiger partial charge is 0.160 e. The van der Waals surface area contributed by atoms with Crippen LogP contribution < -0.4 is 0 Å². The predicted molar refractivity (Wildman–Crippen MR) is 95.7 cm³/mol. The number of aromatic nitrogens is 3. The van der Waals surface area contributed by atoms with E-state index in [0.29, 0.717) is 0 Å². The van der Waals surface area contributed by atoms with E-state index >= 15 is 0 Å². The summed E-state index contributed by atoms with van der Waals surface area (Å²) < 4.78 is 2.24. The lowest BCUT2D eigenvalue weighted by atomic mass is 10.1. The molecule has 3 nitrogen and oxygen atoms in total. The molecule has 0 bridgehead atoms. The minimum atomic E-state index is 0.887. The van der Waals surface area contributed by atoms with Crippen LogP contribution in [-0.4, -0.2) is 14.5 Å². The molecule has 3 aromatic carbocycles. The van der Waals surface area contributed by atoms with Crippen LogP contribution in [0.15, 0.2) is 60.7 Å². The van der Waals surface area contributed by atoms with Crippen LogP contribution in [0.3, 0.4) is 0 Å². The molecular formula is C20H15N3. The molecule has 0 radical (unpaired) electrons. The molecule has 110 valence electrons. The van der Waals surface area contributed by atoms with E-state index in [1.807, 2.05) is 0 Å². The number of fused-ring (bicyclic) bond motifs is 5. The van der Waals surface area contributed by atoms with E-state index in [0.717, 1.165) is 28.7 Å². The van der Waals surface area contributed by atoms with Gasteiger partial charge in [-0.15, -0.1) is 0 Å². The first-order chi connectivity index (χ1) is 11.3. The maximum absolute atomic E-state index is 4.94. The highest BCUT2D eigenvalue weighted by molar-refractivity contribution is 6.07. The highest BCUT2D eigenvalue weighted by atomic mass is 15.1. The van der Waals surface area contributed by atoms with Crippen LogP contribution in [-0.2, 0) is 6.54 Å². The molecule has 5 rings (SSSR count). The summed E-state index contributed by atoms with van der Waals surface area (Å²) in [6.45, 7) is 3.04. The minimum absolute atomic E-state index is 0.887. The molecule has 2 heterocycles. The van der Waals surface area contributed by atoms with E-state index in [1.54, 1.807) is 0 Å². The fraction of sp³-hybridized carbons (Fsp3) is 0.100. The van der Waals surface area contributed by atoms with Gasteiger partial charge < -0.3 is 4.57 Å². The molecule has 2 aromatic heterocycles. The Morgan fingerprint density at radius 2 is 1.48 bits per heavy atom. The summed E-state index contributed by atoms with van der Waals surface area (Å²) in [5.41, 5.74) is 5.07. The van der Waals surface area contributed by atoms with Gasteiger partial charge in [-0.25, -0.2) is 9.97 Å². The Bertz CT molecular complexity index is 1200. The third-order valence-electron chi connectivity index (χ3n) is 4.54. The molecule has 0 fully saturated rings.